The van der Waals surface area contributed by atoms with Gasteiger partial charge in [0.15, 0.2) is 0 Å². The van der Waals surface area contributed by atoms with Crippen LogP contribution in [-0.2, 0) is 17.6 Å². The van der Waals surface area contributed by atoms with Crippen LogP contribution >= 0.6 is 0 Å². The number of aliphatic carboxylic acids is 1. The van der Waals surface area contributed by atoms with Crippen molar-refractivity contribution in [3.8, 4) is 22.9 Å². The van der Waals surface area contributed by atoms with Crippen LogP contribution in [0.5, 0.6) is 5.75 Å². The number of hydrogen-bond donors (Lipinski definition) is 1. The number of carboxylic acids is 1. The van der Waals surface area contributed by atoms with Gasteiger partial charge in [0.1, 0.15) is 23.3 Å². The normalized spacial score (nSPS) is 14.8. The molecule has 4 rings (SSSR count). The molecule has 36 heavy (non-hydrogen) atoms. The summed E-state index contributed by atoms with van der Waals surface area (Å²) in [5, 5.41) is 19.2. The summed E-state index contributed by atoms with van der Waals surface area (Å²) in [7, 11) is 0. The summed E-state index contributed by atoms with van der Waals surface area (Å²) in [5.41, 5.74) is 4.30. The Morgan fingerprint density at radius 1 is 1.14 bits per heavy atom. The molecule has 1 aliphatic heterocycles. The molecule has 1 aromatic heterocycles. The second kappa shape index (κ2) is 10.8. The Balaban J connectivity index is 1.59. The van der Waals surface area contributed by atoms with Crippen LogP contribution in [0.4, 0.5) is 10.1 Å². The summed E-state index contributed by atoms with van der Waals surface area (Å²) in [6.07, 6.45) is 4.02. The Kier molecular flexibility index (Phi) is 7.54. The van der Waals surface area contributed by atoms with Gasteiger partial charge in [0.2, 0.25) is 0 Å². The molecule has 1 saturated heterocycles. The zero-order chi connectivity index (χ0) is 25.7. The number of halogens is 1. The van der Waals surface area contributed by atoms with Crippen molar-refractivity contribution in [2.75, 3.05) is 24.6 Å². The van der Waals surface area contributed by atoms with E-state index in [1.54, 1.807) is 18.3 Å². The first-order valence-corrected chi connectivity index (χ1v) is 12.1. The first kappa shape index (κ1) is 25.2. The molecule has 2 aromatic carbocycles. The third kappa shape index (κ3) is 6.01. The Hall–Kier alpha value is -3.92. The largest absolute Gasteiger partial charge is 0.493 e. The second-order valence-electron chi connectivity index (χ2n) is 9.93. The van der Waals surface area contributed by atoms with Crippen LogP contribution in [0.15, 0.2) is 54.7 Å². The van der Waals surface area contributed by atoms with Gasteiger partial charge in [-0.15, -0.1) is 0 Å². The Bertz CT molecular complexity index is 1250. The minimum Gasteiger partial charge on any atom is -0.493 e. The average molecular weight is 488 g/mol. The molecule has 0 radical (unpaired) electrons. The Morgan fingerprint density at radius 2 is 1.81 bits per heavy atom. The predicted octanol–water partition coefficient (Wildman–Crippen LogP) is 5.63. The van der Waals surface area contributed by atoms with Gasteiger partial charge in [0.05, 0.1) is 18.7 Å². The van der Waals surface area contributed by atoms with Crippen LogP contribution in [0.25, 0.3) is 11.1 Å². The molecule has 0 aliphatic carbocycles. The van der Waals surface area contributed by atoms with Gasteiger partial charge in [-0.1, -0.05) is 38.1 Å². The van der Waals surface area contributed by atoms with Gasteiger partial charge >= 0.3 is 5.97 Å². The lowest BCUT2D eigenvalue weighted by molar-refractivity contribution is -0.136. The number of nitriles is 1. The molecule has 0 saturated carbocycles. The molecule has 0 bridgehead atoms. The molecule has 3 aromatic rings. The lowest BCUT2D eigenvalue weighted by Crippen LogP contribution is -2.38. The van der Waals surface area contributed by atoms with Crippen molar-refractivity contribution in [3.63, 3.8) is 0 Å². The summed E-state index contributed by atoms with van der Waals surface area (Å²) >= 11 is 0. The van der Waals surface area contributed by atoms with E-state index in [0.717, 1.165) is 48.3 Å². The molecule has 186 valence electrons. The lowest BCUT2D eigenvalue weighted by Gasteiger charge is -2.40. The zero-order valence-corrected chi connectivity index (χ0v) is 20.6. The maximum absolute atomic E-state index is 13.1. The van der Waals surface area contributed by atoms with E-state index in [-0.39, 0.29) is 23.3 Å². The second-order valence-corrected chi connectivity index (χ2v) is 9.93. The van der Waals surface area contributed by atoms with Gasteiger partial charge in [-0.3, -0.25) is 4.79 Å². The highest BCUT2D eigenvalue weighted by Crippen LogP contribution is 2.40. The first-order valence-electron chi connectivity index (χ1n) is 12.1. The molecule has 0 atom stereocenters. The molecule has 1 fully saturated rings. The standard InChI is InChI=1S/C29H30FN3O3/c1-29(2)12-14-33(15-13-29)28-24(17-27(34)35)26(18-31)32-19-25(28)21-5-9-23(10-6-21)36-16-11-20-3-7-22(30)8-4-20/h3-10,19H,11-17H2,1-2H3,(H,34,35). The summed E-state index contributed by atoms with van der Waals surface area (Å²) in [6, 6.07) is 16.1. The van der Waals surface area contributed by atoms with Crippen LogP contribution in [0, 0.1) is 22.6 Å². The SMILES string of the molecule is CC1(C)CCN(c2c(-c3ccc(OCCc4ccc(F)cc4)cc3)cnc(C#N)c2CC(=O)O)CC1. The van der Waals surface area contributed by atoms with Crippen LogP contribution in [0.3, 0.4) is 0 Å². The minimum absolute atomic E-state index is 0.154. The number of piperidine rings is 1. The van der Waals surface area contributed by atoms with Crippen LogP contribution in [0.2, 0.25) is 0 Å². The summed E-state index contributed by atoms with van der Waals surface area (Å²) in [4.78, 5) is 18.2. The van der Waals surface area contributed by atoms with Crippen molar-refractivity contribution in [1.29, 1.82) is 5.26 Å². The molecule has 0 spiro atoms. The van der Waals surface area contributed by atoms with Crippen LogP contribution < -0.4 is 9.64 Å². The maximum Gasteiger partial charge on any atom is 0.308 e. The number of nitrogens with zero attached hydrogens (tertiary/aromatic N) is 3. The molecule has 2 heterocycles. The van der Waals surface area contributed by atoms with E-state index < -0.39 is 5.97 Å². The highest BCUT2D eigenvalue weighted by molar-refractivity contribution is 5.85. The minimum atomic E-state index is -0.992. The molecule has 1 aliphatic rings. The van der Waals surface area contributed by atoms with E-state index >= 15 is 0 Å². The number of anilines is 1. The number of hydrogen-bond acceptors (Lipinski definition) is 5. The van der Waals surface area contributed by atoms with Gasteiger partial charge in [0.25, 0.3) is 0 Å². The van der Waals surface area contributed by atoms with Gasteiger partial charge < -0.3 is 14.7 Å². The number of carbonyl (C=O) groups is 1. The number of aromatic nitrogens is 1. The molecule has 6 nitrogen and oxygen atoms in total. The molecule has 7 heteroatoms. The first-order chi connectivity index (χ1) is 17.3. The predicted molar refractivity (Wildman–Crippen MR) is 137 cm³/mol. The maximum atomic E-state index is 13.1. The van der Waals surface area contributed by atoms with E-state index in [1.165, 1.54) is 12.1 Å². The third-order valence-electron chi connectivity index (χ3n) is 6.75. The summed E-state index contributed by atoms with van der Waals surface area (Å²) in [6.45, 7) is 6.51. The monoisotopic (exact) mass is 487 g/mol. The number of ether oxygens (including phenoxy) is 1. The van der Waals surface area contributed by atoms with E-state index in [0.29, 0.717) is 24.3 Å². The summed E-state index contributed by atoms with van der Waals surface area (Å²) < 4.78 is 19.0. The van der Waals surface area contributed by atoms with E-state index in [9.17, 15) is 19.6 Å². The van der Waals surface area contributed by atoms with Crippen molar-refractivity contribution in [2.45, 2.75) is 39.5 Å². The molecular weight excluding hydrogens is 457 g/mol. The van der Waals surface area contributed by atoms with Gasteiger partial charge in [-0.05, 0) is 53.6 Å². The van der Waals surface area contributed by atoms with Gasteiger partial charge in [0, 0.05) is 36.8 Å². The van der Waals surface area contributed by atoms with Crippen LogP contribution in [-0.4, -0.2) is 35.8 Å². The molecule has 0 unspecified atom stereocenters. The fraction of sp³-hybridized carbons (Fsp3) is 0.345. The Morgan fingerprint density at radius 3 is 2.42 bits per heavy atom. The lowest BCUT2D eigenvalue weighted by atomic mass is 9.82. The Labute approximate surface area is 211 Å². The van der Waals surface area contributed by atoms with E-state index in [2.05, 4.69) is 29.8 Å². The topological polar surface area (TPSA) is 86.5 Å². The van der Waals surface area contributed by atoms with Crippen LogP contribution in [0.1, 0.15) is 43.5 Å². The smallest absolute Gasteiger partial charge is 0.308 e. The number of benzene rings is 2. The highest BCUT2D eigenvalue weighted by Gasteiger charge is 2.29. The zero-order valence-electron chi connectivity index (χ0n) is 20.6. The number of rotatable bonds is 8. The number of carboxylic acid groups (broad SMARTS) is 1. The fourth-order valence-corrected chi connectivity index (χ4v) is 4.53. The molecule has 1 N–H and O–H groups in total. The van der Waals surface area contributed by atoms with Crippen molar-refractivity contribution in [3.05, 3.63) is 77.4 Å². The van der Waals surface area contributed by atoms with Gasteiger partial charge in [-0.25, -0.2) is 9.37 Å². The van der Waals surface area contributed by atoms with Crippen molar-refractivity contribution >= 4 is 11.7 Å². The number of pyridine rings is 1. The van der Waals surface area contributed by atoms with Crippen molar-refractivity contribution in [2.24, 2.45) is 5.41 Å². The highest BCUT2D eigenvalue weighted by atomic mass is 19.1. The molecule has 0 amide bonds. The van der Waals surface area contributed by atoms with Gasteiger partial charge in [-0.2, -0.15) is 5.26 Å². The van der Waals surface area contributed by atoms with E-state index in [4.69, 9.17) is 4.74 Å². The van der Waals surface area contributed by atoms with Crippen molar-refractivity contribution in [1.82, 2.24) is 4.98 Å². The summed E-state index contributed by atoms with van der Waals surface area (Å²) in [5.74, 6) is -0.546. The quantitative estimate of drug-likeness (QED) is 0.443. The average Bonchev–Trinajstić information content (AvgIpc) is 2.85. The van der Waals surface area contributed by atoms with E-state index in [1.807, 2.05) is 24.3 Å². The third-order valence-corrected chi connectivity index (χ3v) is 6.75. The fourth-order valence-electron chi connectivity index (χ4n) is 4.53. The molecular formula is C29H30FN3O3. The van der Waals surface area contributed by atoms with Crippen molar-refractivity contribution < 1.29 is 19.0 Å².